The van der Waals surface area contributed by atoms with Gasteiger partial charge in [-0.3, -0.25) is 0 Å². The van der Waals surface area contributed by atoms with Crippen LogP contribution in [0.4, 0.5) is 13.2 Å². The summed E-state index contributed by atoms with van der Waals surface area (Å²) < 4.78 is 55.1. The maximum Gasteiger partial charge on any atom is 0.496 e. The van der Waals surface area contributed by atoms with Crippen LogP contribution in [0, 0.1) is 0 Å². The van der Waals surface area contributed by atoms with Crippen LogP contribution < -0.4 is 10.2 Å². The zero-order valence-electron chi connectivity index (χ0n) is 14.9. The van der Waals surface area contributed by atoms with Crippen LogP contribution in [-0.2, 0) is 15.5 Å². The molecule has 0 atom stereocenters. The first-order valence-corrected chi connectivity index (χ1v) is 8.15. The molecule has 8 heteroatoms. The third-order valence-electron chi connectivity index (χ3n) is 4.69. The van der Waals surface area contributed by atoms with E-state index in [-0.39, 0.29) is 11.6 Å². The number of alkyl halides is 3. The Morgan fingerprint density at radius 2 is 1.50 bits per heavy atom. The Bertz CT molecular complexity index is 758. The van der Waals surface area contributed by atoms with Crippen molar-refractivity contribution in [3.05, 3.63) is 48.2 Å². The molecule has 4 nitrogen and oxygen atoms in total. The standard InChI is InChI=1S/C18H19BF3NO3/c1-16(2)17(3,4)26-19(25-16)13-7-10-15(23-11-13)24-14-8-5-12(6-9-14)18(20,21)22/h5-11H,1-4H3. The van der Waals surface area contributed by atoms with E-state index in [1.807, 2.05) is 27.7 Å². The van der Waals surface area contributed by atoms with Gasteiger partial charge in [0.15, 0.2) is 0 Å². The van der Waals surface area contributed by atoms with Crippen molar-refractivity contribution in [2.75, 3.05) is 0 Å². The van der Waals surface area contributed by atoms with Crippen molar-refractivity contribution < 1.29 is 27.2 Å². The molecule has 1 saturated heterocycles. The summed E-state index contributed by atoms with van der Waals surface area (Å²) in [5, 5.41) is 0. The van der Waals surface area contributed by atoms with E-state index in [0.717, 1.165) is 17.6 Å². The van der Waals surface area contributed by atoms with Crippen molar-refractivity contribution in [2.24, 2.45) is 0 Å². The summed E-state index contributed by atoms with van der Waals surface area (Å²) in [6.07, 6.45) is -2.80. The number of halogens is 3. The van der Waals surface area contributed by atoms with Crippen LogP contribution in [0.2, 0.25) is 0 Å². The summed E-state index contributed by atoms with van der Waals surface area (Å²) in [6, 6.07) is 7.83. The first kappa shape index (κ1) is 18.7. The molecule has 0 amide bonds. The van der Waals surface area contributed by atoms with Gasteiger partial charge in [0.25, 0.3) is 0 Å². The van der Waals surface area contributed by atoms with E-state index in [1.165, 1.54) is 12.1 Å². The molecule has 1 aliphatic heterocycles. The second kappa shape index (κ2) is 6.28. The van der Waals surface area contributed by atoms with Crippen LogP contribution in [0.15, 0.2) is 42.6 Å². The van der Waals surface area contributed by atoms with E-state index in [2.05, 4.69) is 4.98 Å². The van der Waals surface area contributed by atoms with Gasteiger partial charge in [-0.05, 0) is 52.0 Å². The van der Waals surface area contributed by atoms with E-state index in [1.54, 1.807) is 18.3 Å². The summed E-state index contributed by atoms with van der Waals surface area (Å²) in [4.78, 5) is 4.18. The lowest BCUT2D eigenvalue weighted by molar-refractivity contribution is -0.137. The highest BCUT2D eigenvalue weighted by atomic mass is 19.4. The zero-order chi connectivity index (χ0) is 19.2. The molecule has 1 aromatic heterocycles. The minimum atomic E-state index is -4.37. The first-order chi connectivity index (χ1) is 12.0. The molecule has 0 aliphatic carbocycles. The third kappa shape index (κ3) is 3.71. The topological polar surface area (TPSA) is 40.6 Å². The molecular formula is C18H19BF3NO3. The fourth-order valence-electron chi connectivity index (χ4n) is 2.40. The number of nitrogens with zero attached hydrogens (tertiary/aromatic N) is 1. The fourth-order valence-corrected chi connectivity index (χ4v) is 2.40. The van der Waals surface area contributed by atoms with Gasteiger partial charge in [-0.25, -0.2) is 4.98 Å². The predicted molar refractivity (Wildman–Crippen MR) is 91.5 cm³/mol. The molecule has 1 fully saturated rings. The fraction of sp³-hybridized carbons (Fsp3) is 0.389. The normalized spacial score (nSPS) is 18.8. The zero-order valence-corrected chi connectivity index (χ0v) is 14.9. The Labute approximate surface area is 150 Å². The van der Waals surface area contributed by atoms with Crippen LogP contribution >= 0.6 is 0 Å². The first-order valence-electron chi connectivity index (χ1n) is 8.15. The summed E-state index contributed by atoms with van der Waals surface area (Å²) >= 11 is 0. The van der Waals surface area contributed by atoms with Gasteiger partial charge in [-0.2, -0.15) is 13.2 Å². The van der Waals surface area contributed by atoms with Crippen LogP contribution in [0.25, 0.3) is 0 Å². The van der Waals surface area contributed by atoms with Gasteiger partial charge >= 0.3 is 13.3 Å². The summed E-state index contributed by atoms with van der Waals surface area (Å²) in [7, 11) is -0.535. The van der Waals surface area contributed by atoms with Gasteiger partial charge in [0, 0.05) is 17.7 Å². The van der Waals surface area contributed by atoms with Crippen molar-refractivity contribution in [1.82, 2.24) is 4.98 Å². The quantitative estimate of drug-likeness (QED) is 0.765. The summed E-state index contributed by atoms with van der Waals surface area (Å²) in [5.74, 6) is 0.541. The minimum Gasteiger partial charge on any atom is -0.439 e. The number of benzene rings is 1. The second-order valence-electron chi connectivity index (χ2n) is 7.14. The molecule has 2 aromatic rings. The molecule has 3 rings (SSSR count). The highest BCUT2D eigenvalue weighted by molar-refractivity contribution is 6.62. The Hall–Kier alpha value is -2.06. The SMILES string of the molecule is CC1(C)OB(c2ccc(Oc3ccc(C(F)(F)F)cc3)nc2)OC1(C)C. The predicted octanol–water partition coefficient (Wildman–Crippen LogP) is 4.19. The summed E-state index contributed by atoms with van der Waals surface area (Å²) in [5.41, 5.74) is -0.891. The van der Waals surface area contributed by atoms with Gasteiger partial charge in [0.1, 0.15) is 5.75 Å². The smallest absolute Gasteiger partial charge is 0.439 e. The van der Waals surface area contributed by atoms with Crippen molar-refractivity contribution in [3.63, 3.8) is 0 Å². The van der Waals surface area contributed by atoms with Crippen LogP contribution in [0.5, 0.6) is 11.6 Å². The van der Waals surface area contributed by atoms with Gasteiger partial charge in [0.05, 0.1) is 16.8 Å². The molecule has 1 aromatic carbocycles. The number of hydrogen-bond donors (Lipinski definition) is 0. The van der Waals surface area contributed by atoms with Crippen molar-refractivity contribution in [2.45, 2.75) is 45.1 Å². The molecule has 0 bridgehead atoms. The molecule has 0 unspecified atom stereocenters. The molecule has 0 spiro atoms. The van der Waals surface area contributed by atoms with Gasteiger partial charge in [0.2, 0.25) is 5.88 Å². The maximum absolute atomic E-state index is 12.6. The molecule has 0 radical (unpaired) electrons. The van der Waals surface area contributed by atoms with Gasteiger partial charge in [-0.1, -0.05) is 6.07 Å². The Kier molecular flexibility index (Phi) is 4.52. The van der Waals surface area contributed by atoms with E-state index in [0.29, 0.717) is 0 Å². The average molecular weight is 365 g/mol. The van der Waals surface area contributed by atoms with E-state index in [9.17, 15) is 13.2 Å². The van der Waals surface area contributed by atoms with Crippen LogP contribution in [0.1, 0.15) is 33.3 Å². The van der Waals surface area contributed by atoms with Gasteiger partial charge < -0.3 is 14.0 Å². The van der Waals surface area contributed by atoms with Crippen LogP contribution in [0.3, 0.4) is 0 Å². The van der Waals surface area contributed by atoms with Gasteiger partial charge in [-0.15, -0.1) is 0 Å². The third-order valence-corrected chi connectivity index (χ3v) is 4.69. The Morgan fingerprint density at radius 3 is 1.96 bits per heavy atom. The van der Waals surface area contributed by atoms with Crippen molar-refractivity contribution in [1.29, 1.82) is 0 Å². The highest BCUT2D eigenvalue weighted by Gasteiger charge is 2.51. The monoisotopic (exact) mass is 365 g/mol. The lowest BCUT2D eigenvalue weighted by atomic mass is 9.80. The molecule has 2 heterocycles. The lowest BCUT2D eigenvalue weighted by Crippen LogP contribution is -2.41. The lowest BCUT2D eigenvalue weighted by Gasteiger charge is -2.32. The Balaban J connectivity index is 1.69. The largest absolute Gasteiger partial charge is 0.496 e. The van der Waals surface area contributed by atoms with Crippen molar-refractivity contribution in [3.8, 4) is 11.6 Å². The summed E-state index contributed by atoms with van der Waals surface area (Å²) in [6.45, 7) is 7.84. The molecule has 0 saturated carbocycles. The average Bonchev–Trinajstić information content (AvgIpc) is 2.76. The number of hydrogen-bond acceptors (Lipinski definition) is 4. The highest BCUT2D eigenvalue weighted by Crippen LogP contribution is 2.36. The molecule has 138 valence electrons. The molecular weight excluding hydrogens is 346 g/mol. The number of rotatable bonds is 3. The molecule has 0 N–H and O–H groups in total. The molecule has 26 heavy (non-hydrogen) atoms. The van der Waals surface area contributed by atoms with Crippen molar-refractivity contribution >= 4 is 12.6 Å². The van der Waals surface area contributed by atoms with E-state index >= 15 is 0 Å². The van der Waals surface area contributed by atoms with Crippen LogP contribution in [-0.4, -0.2) is 23.3 Å². The Morgan fingerprint density at radius 1 is 0.923 bits per heavy atom. The maximum atomic E-state index is 12.6. The second-order valence-corrected chi connectivity index (χ2v) is 7.14. The van der Waals surface area contributed by atoms with E-state index in [4.69, 9.17) is 14.0 Å². The van der Waals surface area contributed by atoms with E-state index < -0.39 is 30.1 Å². The number of aromatic nitrogens is 1. The molecule has 1 aliphatic rings. The minimum absolute atomic E-state index is 0.269. The number of ether oxygens (including phenoxy) is 1. The number of pyridine rings is 1.